The van der Waals surface area contributed by atoms with E-state index in [1.807, 2.05) is 24.4 Å². The summed E-state index contributed by atoms with van der Waals surface area (Å²) in [7, 11) is 2.10. The number of fused-ring (bicyclic) bond motifs is 1. The highest BCUT2D eigenvalue weighted by molar-refractivity contribution is 5.90. The Morgan fingerprint density at radius 3 is 3.04 bits per heavy atom. The minimum Gasteiger partial charge on any atom is -0.334 e. The molecule has 0 aliphatic carbocycles. The van der Waals surface area contributed by atoms with Gasteiger partial charge in [0.05, 0.1) is 0 Å². The van der Waals surface area contributed by atoms with Gasteiger partial charge in [0.1, 0.15) is 5.82 Å². The second-order valence-electron chi connectivity index (χ2n) is 7.46. The molecule has 1 aromatic heterocycles. The van der Waals surface area contributed by atoms with Crippen LogP contribution in [0.4, 0.5) is 10.5 Å². The van der Waals surface area contributed by atoms with Crippen LogP contribution in [0.1, 0.15) is 31.4 Å². The van der Waals surface area contributed by atoms with E-state index in [1.165, 1.54) is 18.5 Å². The number of nitrogens with zero attached hydrogens (tertiary/aromatic N) is 3. The van der Waals surface area contributed by atoms with Gasteiger partial charge in [-0.1, -0.05) is 12.1 Å². The summed E-state index contributed by atoms with van der Waals surface area (Å²) in [5.74, 6) is 0.998. The van der Waals surface area contributed by atoms with Crippen LogP contribution in [0.3, 0.4) is 0 Å². The number of likely N-dealkylation sites (N-methyl/N-ethyl adjacent to an activating group) is 1. The molecule has 3 heterocycles. The van der Waals surface area contributed by atoms with E-state index in [0.717, 1.165) is 56.0 Å². The van der Waals surface area contributed by atoms with Gasteiger partial charge in [-0.05, 0) is 57.8 Å². The molecule has 2 amide bonds. The fourth-order valence-electron chi connectivity index (χ4n) is 4.04. The number of likely N-dealkylation sites (tertiary alicyclic amines) is 1. The number of hydrogen-bond donors (Lipinski definition) is 2. The smallest absolute Gasteiger partial charge is 0.319 e. The van der Waals surface area contributed by atoms with Crippen molar-refractivity contribution < 1.29 is 4.79 Å². The Hall–Kier alpha value is -2.34. The minimum absolute atomic E-state index is 0.132. The summed E-state index contributed by atoms with van der Waals surface area (Å²) in [6, 6.07) is 8.06. The summed E-state index contributed by atoms with van der Waals surface area (Å²) in [6.45, 7) is 3.04. The molecule has 0 saturated carbocycles. The van der Waals surface area contributed by atoms with Gasteiger partial charge in [0.15, 0.2) is 0 Å². The molecular formula is C20H27N5O. The van der Waals surface area contributed by atoms with Gasteiger partial charge in [-0.2, -0.15) is 0 Å². The molecule has 2 aliphatic rings. The molecule has 138 valence electrons. The quantitative estimate of drug-likeness (QED) is 0.891. The first-order valence-electron chi connectivity index (χ1n) is 9.60. The topological polar surface area (TPSA) is 62.2 Å². The summed E-state index contributed by atoms with van der Waals surface area (Å²) in [6.07, 6.45) is 7.69. The Labute approximate surface area is 154 Å². The highest BCUT2D eigenvalue weighted by atomic mass is 16.2. The molecule has 2 aliphatic heterocycles. The predicted octanol–water partition coefficient (Wildman–Crippen LogP) is 3.10. The van der Waals surface area contributed by atoms with E-state index in [-0.39, 0.29) is 12.1 Å². The zero-order valence-corrected chi connectivity index (χ0v) is 15.4. The number of hydrogen-bond acceptors (Lipinski definition) is 3. The van der Waals surface area contributed by atoms with Crippen LogP contribution in [0.15, 0.2) is 30.5 Å². The maximum Gasteiger partial charge on any atom is 0.319 e. The van der Waals surface area contributed by atoms with Gasteiger partial charge >= 0.3 is 6.03 Å². The molecule has 4 rings (SSSR count). The molecule has 0 radical (unpaired) electrons. The van der Waals surface area contributed by atoms with Crippen LogP contribution in [-0.2, 0) is 13.0 Å². The van der Waals surface area contributed by atoms with Crippen molar-refractivity contribution >= 4 is 11.7 Å². The maximum absolute atomic E-state index is 12.4. The van der Waals surface area contributed by atoms with Gasteiger partial charge < -0.3 is 20.1 Å². The van der Waals surface area contributed by atoms with Gasteiger partial charge in [-0.3, -0.25) is 0 Å². The lowest BCUT2D eigenvalue weighted by atomic mass is 10.1. The highest BCUT2D eigenvalue weighted by Gasteiger charge is 2.19. The average molecular weight is 353 g/mol. The number of imidazole rings is 1. The Kier molecular flexibility index (Phi) is 4.93. The number of carbonyl (C=O) groups is 1. The molecule has 1 saturated heterocycles. The molecule has 0 bridgehead atoms. The van der Waals surface area contributed by atoms with Crippen LogP contribution in [0.5, 0.6) is 0 Å². The number of carbonyl (C=O) groups excluding carboxylic acids is 1. The third kappa shape index (κ3) is 3.75. The van der Waals surface area contributed by atoms with E-state index in [4.69, 9.17) is 0 Å². The molecule has 26 heavy (non-hydrogen) atoms. The van der Waals surface area contributed by atoms with Crippen molar-refractivity contribution in [1.29, 1.82) is 0 Å². The van der Waals surface area contributed by atoms with Crippen LogP contribution < -0.4 is 10.6 Å². The zero-order chi connectivity index (χ0) is 17.9. The Morgan fingerprint density at radius 2 is 2.15 bits per heavy atom. The van der Waals surface area contributed by atoms with Gasteiger partial charge in [-0.15, -0.1) is 0 Å². The van der Waals surface area contributed by atoms with Crippen molar-refractivity contribution in [2.24, 2.45) is 0 Å². The number of amides is 2. The highest BCUT2D eigenvalue weighted by Crippen LogP contribution is 2.26. The van der Waals surface area contributed by atoms with E-state index in [1.54, 1.807) is 0 Å². The van der Waals surface area contributed by atoms with Crippen molar-refractivity contribution in [2.75, 3.05) is 25.5 Å². The monoisotopic (exact) mass is 353 g/mol. The van der Waals surface area contributed by atoms with Crippen molar-refractivity contribution in [2.45, 2.75) is 44.7 Å². The second-order valence-corrected chi connectivity index (χ2v) is 7.46. The molecular weight excluding hydrogens is 326 g/mol. The van der Waals surface area contributed by atoms with Crippen molar-refractivity contribution in [3.8, 4) is 11.4 Å². The number of nitrogens with one attached hydrogen (secondary N) is 2. The third-order valence-corrected chi connectivity index (χ3v) is 5.34. The van der Waals surface area contributed by atoms with Gasteiger partial charge in [0.2, 0.25) is 0 Å². The SMILES string of the molecule is CN1CCC[C@@H](NC(=O)Nc2cccc(-c3ncc4n3CCCC4)c2)C1. The minimum atomic E-state index is -0.132. The van der Waals surface area contributed by atoms with Crippen LogP contribution >= 0.6 is 0 Å². The number of piperidine rings is 1. The zero-order valence-electron chi connectivity index (χ0n) is 15.4. The van der Waals surface area contributed by atoms with E-state index in [2.05, 4.69) is 38.2 Å². The van der Waals surface area contributed by atoms with E-state index in [0.29, 0.717) is 0 Å². The predicted molar refractivity (Wildman–Crippen MR) is 103 cm³/mol. The van der Waals surface area contributed by atoms with Crippen LogP contribution in [0.25, 0.3) is 11.4 Å². The Balaban J connectivity index is 1.44. The molecule has 6 heteroatoms. The lowest BCUT2D eigenvalue weighted by molar-refractivity contribution is 0.216. The standard InChI is InChI=1S/C20H27N5O/c1-24-10-5-8-17(14-24)23-20(26)22-16-7-4-6-15(12-16)19-21-13-18-9-2-3-11-25(18)19/h4,6-7,12-13,17H,2-3,5,8-11,14H2,1H3,(H2,22,23,26)/t17-/m1/s1. The number of anilines is 1. The van der Waals surface area contributed by atoms with E-state index < -0.39 is 0 Å². The van der Waals surface area contributed by atoms with Crippen molar-refractivity contribution in [1.82, 2.24) is 19.8 Å². The first-order valence-corrected chi connectivity index (χ1v) is 9.60. The number of rotatable bonds is 3. The molecule has 1 atom stereocenters. The van der Waals surface area contributed by atoms with Crippen LogP contribution in [0, 0.1) is 0 Å². The van der Waals surface area contributed by atoms with Gasteiger partial charge in [-0.25, -0.2) is 9.78 Å². The first kappa shape index (κ1) is 17.1. The maximum atomic E-state index is 12.4. The average Bonchev–Trinajstić information content (AvgIpc) is 3.06. The largest absolute Gasteiger partial charge is 0.334 e. The number of aromatic nitrogens is 2. The van der Waals surface area contributed by atoms with E-state index >= 15 is 0 Å². The van der Waals surface area contributed by atoms with Crippen molar-refractivity contribution in [3.05, 3.63) is 36.2 Å². The number of aryl methyl sites for hydroxylation is 1. The summed E-state index contributed by atoms with van der Waals surface area (Å²) in [5, 5.41) is 6.07. The lowest BCUT2D eigenvalue weighted by Gasteiger charge is -2.30. The lowest BCUT2D eigenvalue weighted by Crippen LogP contribution is -2.47. The van der Waals surface area contributed by atoms with E-state index in [9.17, 15) is 4.79 Å². The Morgan fingerprint density at radius 1 is 1.23 bits per heavy atom. The Bertz CT molecular complexity index is 784. The van der Waals surface area contributed by atoms with Crippen LogP contribution in [-0.4, -0.2) is 46.7 Å². The van der Waals surface area contributed by atoms with Crippen LogP contribution in [0.2, 0.25) is 0 Å². The van der Waals surface area contributed by atoms with Gasteiger partial charge in [0, 0.05) is 42.3 Å². The molecule has 0 unspecified atom stereocenters. The molecule has 6 nitrogen and oxygen atoms in total. The van der Waals surface area contributed by atoms with Gasteiger partial charge in [0.25, 0.3) is 0 Å². The number of benzene rings is 1. The molecule has 1 fully saturated rings. The molecule has 2 N–H and O–H groups in total. The fourth-order valence-corrected chi connectivity index (χ4v) is 4.04. The molecule has 0 spiro atoms. The molecule has 1 aromatic carbocycles. The second kappa shape index (κ2) is 7.50. The molecule has 2 aromatic rings. The normalized spacial score (nSPS) is 20.4. The third-order valence-electron chi connectivity index (χ3n) is 5.34. The first-order chi connectivity index (χ1) is 12.7. The summed E-state index contributed by atoms with van der Waals surface area (Å²) in [5.41, 5.74) is 3.16. The van der Waals surface area contributed by atoms with Crippen molar-refractivity contribution in [3.63, 3.8) is 0 Å². The fraction of sp³-hybridized carbons (Fsp3) is 0.500. The number of urea groups is 1. The summed E-state index contributed by atoms with van der Waals surface area (Å²) < 4.78 is 2.31. The summed E-state index contributed by atoms with van der Waals surface area (Å²) in [4.78, 5) is 19.2. The summed E-state index contributed by atoms with van der Waals surface area (Å²) >= 11 is 0.